The molecule has 1 N–H and O–H groups in total. The van der Waals surface area contributed by atoms with Gasteiger partial charge in [0.1, 0.15) is 18.6 Å². The van der Waals surface area contributed by atoms with E-state index in [1.54, 1.807) is 0 Å². The second-order valence-electron chi connectivity index (χ2n) is 4.77. The second kappa shape index (κ2) is 9.88. The van der Waals surface area contributed by atoms with Crippen LogP contribution in [-0.4, -0.2) is 49.3 Å². The van der Waals surface area contributed by atoms with Crippen molar-refractivity contribution in [2.45, 2.75) is 19.3 Å². The Hall–Kier alpha value is -3.03. The fraction of sp³-hybridized carbons (Fsp3) is 0.312. The molecule has 0 radical (unpaired) electrons. The number of hydrogen-bond donors (Lipinski definition) is 1. The summed E-state index contributed by atoms with van der Waals surface area (Å²) in [6.45, 7) is -0.273. The van der Waals surface area contributed by atoms with Crippen molar-refractivity contribution in [3.05, 3.63) is 29.3 Å². The van der Waals surface area contributed by atoms with Gasteiger partial charge in [-0.2, -0.15) is 0 Å². The third-order valence-electron chi connectivity index (χ3n) is 3.03. The summed E-state index contributed by atoms with van der Waals surface area (Å²) < 4.78 is 5.16. The number of hydrogen-bond acceptors (Lipinski definition) is 6. The van der Waals surface area contributed by atoms with Gasteiger partial charge in [-0.15, -0.1) is 0 Å². The van der Waals surface area contributed by atoms with Crippen LogP contribution in [0.25, 0.3) is 0 Å². The molecule has 0 aliphatic heterocycles. The minimum Gasteiger partial charge on any atom is -0.485 e. The first kappa shape index (κ1) is 19.0. The number of rotatable bonds is 9. The molecule has 0 saturated heterocycles. The number of aldehydes is 3. The average molecular weight is 334 g/mol. The largest absolute Gasteiger partial charge is 0.485 e. The highest BCUT2D eigenvalue weighted by Gasteiger charge is 2.22. The van der Waals surface area contributed by atoms with Gasteiger partial charge >= 0.3 is 0 Å². The summed E-state index contributed by atoms with van der Waals surface area (Å²) in [7, 11) is 1.32. The molecule has 1 rings (SSSR count). The molecule has 2 amide bonds. The molecule has 0 aromatic heterocycles. The summed E-state index contributed by atoms with van der Waals surface area (Å²) in [6.07, 6.45) is 2.42. The minimum absolute atomic E-state index is 0.0509. The first-order chi connectivity index (χ1) is 11.5. The van der Waals surface area contributed by atoms with Crippen LogP contribution in [0, 0.1) is 0 Å². The second-order valence-corrected chi connectivity index (χ2v) is 4.77. The zero-order chi connectivity index (χ0) is 17.9. The third-order valence-corrected chi connectivity index (χ3v) is 3.03. The zero-order valence-corrected chi connectivity index (χ0v) is 13.2. The van der Waals surface area contributed by atoms with E-state index < -0.39 is 11.8 Å². The van der Waals surface area contributed by atoms with Gasteiger partial charge in [-0.3, -0.25) is 29.6 Å². The van der Waals surface area contributed by atoms with E-state index >= 15 is 0 Å². The Morgan fingerprint density at radius 2 is 1.96 bits per heavy atom. The number of amides is 2. The van der Waals surface area contributed by atoms with Gasteiger partial charge in [0.15, 0.2) is 12.6 Å². The van der Waals surface area contributed by atoms with Crippen molar-refractivity contribution < 1.29 is 28.7 Å². The predicted octanol–water partition coefficient (Wildman–Crippen LogP) is 0.549. The van der Waals surface area contributed by atoms with Crippen LogP contribution in [0.5, 0.6) is 5.75 Å². The lowest BCUT2D eigenvalue weighted by Gasteiger charge is -2.20. The summed E-state index contributed by atoms with van der Waals surface area (Å²) in [5.74, 6) is -1.03. The quantitative estimate of drug-likeness (QED) is 0.401. The van der Waals surface area contributed by atoms with Gasteiger partial charge in [0.25, 0.3) is 5.91 Å². The van der Waals surface area contributed by atoms with Crippen LogP contribution in [0.15, 0.2) is 18.2 Å². The van der Waals surface area contributed by atoms with Crippen molar-refractivity contribution in [1.29, 1.82) is 0 Å². The van der Waals surface area contributed by atoms with Crippen molar-refractivity contribution in [3.63, 3.8) is 0 Å². The molecule has 0 atom stereocenters. The molecule has 0 aliphatic rings. The number of benzene rings is 1. The molecule has 0 unspecified atom stereocenters. The molecule has 1 aromatic carbocycles. The Morgan fingerprint density at radius 3 is 2.58 bits per heavy atom. The highest BCUT2D eigenvalue weighted by molar-refractivity contribution is 6.04. The van der Waals surface area contributed by atoms with E-state index in [4.69, 9.17) is 4.74 Å². The summed E-state index contributed by atoms with van der Waals surface area (Å²) in [6, 6.07) is 4.38. The predicted molar refractivity (Wildman–Crippen MR) is 83.5 cm³/mol. The first-order valence-electron chi connectivity index (χ1n) is 7.21. The number of nitrogens with zero attached hydrogens (tertiary/aromatic N) is 1. The van der Waals surface area contributed by atoms with Gasteiger partial charge in [-0.25, -0.2) is 0 Å². The average Bonchev–Trinajstić information content (AvgIpc) is 2.58. The molecule has 8 nitrogen and oxygen atoms in total. The fourth-order valence-electron chi connectivity index (χ4n) is 1.93. The molecule has 0 aliphatic carbocycles. The third kappa shape index (κ3) is 5.31. The van der Waals surface area contributed by atoms with Crippen molar-refractivity contribution in [2.24, 2.45) is 0 Å². The molecule has 0 fully saturated rings. The molecule has 0 bridgehead atoms. The van der Waals surface area contributed by atoms with Crippen LogP contribution in [0.4, 0.5) is 0 Å². The number of hydrazine groups is 1. The maximum absolute atomic E-state index is 12.5. The van der Waals surface area contributed by atoms with Crippen LogP contribution < -0.4 is 10.2 Å². The van der Waals surface area contributed by atoms with E-state index in [1.165, 1.54) is 25.2 Å². The first-order valence-corrected chi connectivity index (χ1v) is 7.21. The van der Waals surface area contributed by atoms with Gasteiger partial charge < -0.3 is 9.53 Å². The van der Waals surface area contributed by atoms with Crippen LogP contribution in [-0.2, 0) is 14.4 Å². The Balaban J connectivity index is 2.91. The standard InChI is InChI=1S/C16H18N2O6/c1-18(17-14(22)7-2-3-8-19)16(23)15-12(11-21)5-4-6-13(15)24-10-9-20/h4-6,8-9,11H,2-3,7,10H2,1H3,(H,17,22). The van der Waals surface area contributed by atoms with E-state index in [-0.39, 0.29) is 36.3 Å². The van der Waals surface area contributed by atoms with Crippen molar-refractivity contribution in [1.82, 2.24) is 10.4 Å². The van der Waals surface area contributed by atoms with Crippen LogP contribution in [0.2, 0.25) is 0 Å². The lowest BCUT2D eigenvalue weighted by Crippen LogP contribution is -2.43. The van der Waals surface area contributed by atoms with E-state index in [1.807, 2.05) is 0 Å². The topological polar surface area (TPSA) is 110 Å². The number of nitrogens with one attached hydrogen (secondary N) is 1. The van der Waals surface area contributed by atoms with E-state index in [2.05, 4.69) is 5.43 Å². The summed E-state index contributed by atoms with van der Waals surface area (Å²) >= 11 is 0. The van der Waals surface area contributed by atoms with Crippen molar-refractivity contribution in [2.75, 3.05) is 13.7 Å². The molecule has 128 valence electrons. The van der Waals surface area contributed by atoms with Crippen LogP contribution in [0.3, 0.4) is 0 Å². The van der Waals surface area contributed by atoms with Gasteiger partial charge in [0.2, 0.25) is 5.91 Å². The molecule has 8 heteroatoms. The Bertz CT molecular complexity index is 629. The maximum atomic E-state index is 12.5. The van der Waals surface area contributed by atoms with Gasteiger partial charge in [0, 0.05) is 25.5 Å². The number of ether oxygens (including phenoxy) is 1. The molecule has 24 heavy (non-hydrogen) atoms. The van der Waals surface area contributed by atoms with Crippen LogP contribution >= 0.6 is 0 Å². The van der Waals surface area contributed by atoms with Gasteiger partial charge in [0.05, 0.1) is 5.56 Å². The highest BCUT2D eigenvalue weighted by Crippen LogP contribution is 2.22. The highest BCUT2D eigenvalue weighted by atomic mass is 16.5. The lowest BCUT2D eigenvalue weighted by molar-refractivity contribution is -0.124. The molecule has 0 saturated carbocycles. The molecule has 0 heterocycles. The summed E-state index contributed by atoms with van der Waals surface area (Å²) in [4.78, 5) is 56.0. The van der Waals surface area contributed by atoms with E-state index in [0.29, 0.717) is 25.3 Å². The maximum Gasteiger partial charge on any atom is 0.276 e. The minimum atomic E-state index is -0.665. The molecule has 1 aromatic rings. The lowest BCUT2D eigenvalue weighted by atomic mass is 10.1. The summed E-state index contributed by atoms with van der Waals surface area (Å²) in [5, 5.41) is 0.930. The van der Waals surface area contributed by atoms with Gasteiger partial charge in [-0.1, -0.05) is 12.1 Å². The molecular formula is C16H18N2O6. The van der Waals surface area contributed by atoms with Crippen LogP contribution in [0.1, 0.15) is 40.0 Å². The Kier molecular flexibility index (Phi) is 7.83. The molecular weight excluding hydrogens is 316 g/mol. The zero-order valence-electron chi connectivity index (χ0n) is 13.2. The Labute approximate surface area is 138 Å². The molecule has 0 spiro atoms. The summed E-state index contributed by atoms with van der Waals surface area (Å²) in [5.41, 5.74) is 2.38. The normalized spacial score (nSPS) is 9.71. The van der Waals surface area contributed by atoms with Crippen molar-refractivity contribution in [3.8, 4) is 5.75 Å². The SMILES string of the molecule is CN(NC(=O)CCCC=O)C(=O)c1c(C=O)cccc1OCC=O. The van der Waals surface area contributed by atoms with Gasteiger partial charge in [-0.05, 0) is 12.5 Å². The number of carbonyl (C=O) groups excluding carboxylic acids is 5. The van der Waals surface area contributed by atoms with E-state index in [9.17, 15) is 24.0 Å². The monoisotopic (exact) mass is 334 g/mol. The fourth-order valence-corrected chi connectivity index (χ4v) is 1.93. The number of carbonyl (C=O) groups is 5. The Morgan fingerprint density at radius 1 is 1.21 bits per heavy atom. The van der Waals surface area contributed by atoms with Crippen molar-refractivity contribution >= 4 is 30.7 Å². The van der Waals surface area contributed by atoms with E-state index in [0.717, 1.165) is 5.01 Å². The smallest absolute Gasteiger partial charge is 0.276 e. The number of unbranched alkanes of at least 4 members (excludes halogenated alkanes) is 1.